The molecule has 64 valence electrons. The number of carbonyl (C=O) groups is 1. The van der Waals surface area contributed by atoms with Crippen molar-refractivity contribution < 1.29 is 13.9 Å². The van der Waals surface area contributed by atoms with E-state index < -0.39 is 5.82 Å². The second-order valence-electron chi connectivity index (χ2n) is 2.24. The van der Waals surface area contributed by atoms with Crippen LogP contribution in [0.2, 0.25) is 0 Å². The lowest BCUT2D eigenvalue weighted by Crippen LogP contribution is -2.01. The monoisotopic (exact) mass is 169 g/mol. The van der Waals surface area contributed by atoms with E-state index in [0.29, 0.717) is 0 Å². The van der Waals surface area contributed by atoms with E-state index in [9.17, 15) is 9.18 Å². The van der Waals surface area contributed by atoms with Gasteiger partial charge in [0.1, 0.15) is 0 Å². The summed E-state index contributed by atoms with van der Waals surface area (Å²) in [5, 5.41) is 0. The normalized spacial score (nSPS) is 9.58. The van der Waals surface area contributed by atoms with Crippen LogP contribution in [0.4, 0.5) is 4.39 Å². The van der Waals surface area contributed by atoms with Gasteiger partial charge in [0.2, 0.25) is 0 Å². The summed E-state index contributed by atoms with van der Waals surface area (Å²) in [5.41, 5.74) is 0.00171. The molecule has 1 aromatic heterocycles. The van der Waals surface area contributed by atoms with Crippen LogP contribution in [0, 0.1) is 5.82 Å². The van der Waals surface area contributed by atoms with Crippen molar-refractivity contribution in [2.75, 3.05) is 7.11 Å². The molecule has 0 bridgehead atoms. The summed E-state index contributed by atoms with van der Waals surface area (Å²) in [6, 6.07) is 1.32. The van der Waals surface area contributed by atoms with Crippen molar-refractivity contribution in [1.82, 2.24) is 4.98 Å². The minimum Gasteiger partial charge on any atom is -0.479 e. The molecule has 1 aromatic rings. The van der Waals surface area contributed by atoms with Gasteiger partial charge in [-0.15, -0.1) is 0 Å². The molecule has 0 aliphatic heterocycles. The third-order valence-electron chi connectivity index (χ3n) is 1.43. The van der Waals surface area contributed by atoms with Gasteiger partial charge in [0.05, 0.1) is 12.7 Å². The topological polar surface area (TPSA) is 39.2 Å². The van der Waals surface area contributed by atoms with Crippen LogP contribution in [-0.2, 0) is 0 Å². The van der Waals surface area contributed by atoms with Crippen LogP contribution in [0.5, 0.6) is 5.88 Å². The smallest absolute Gasteiger partial charge is 0.250 e. The highest BCUT2D eigenvalue weighted by Gasteiger charge is 2.12. The summed E-state index contributed by atoms with van der Waals surface area (Å²) in [7, 11) is 1.30. The maximum Gasteiger partial charge on any atom is 0.250 e. The van der Waals surface area contributed by atoms with Crippen LogP contribution in [0.15, 0.2) is 12.3 Å². The zero-order chi connectivity index (χ0) is 9.14. The van der Waals surface area contributed by atoms with Crippen molar-refractivity contribution in [3.8, 4) is 5.88 Å². The Morgan fingerprint density at radius 3 is 2.83 bits per heavy atom. The van der Waals surface area contributed by atoms with E-state index in [2.05, 4.69) is 9.72 Å². The fourth-order valence-electron chi connectivity index (χ4n) is 0.839. The Labute approximate surface area is 69.2 Å². The molecule has 0 N–H and O–H groups in total. The predicted octanol–water partition coefficient (Wildman–Crippen LogP) is 1.43. The molecule has 0 saturated heterocycles. The molecule has 0 saturated carbocycles. The highest BCUT2D eigenvalue weighted by Crippen LogP contribution is 2.16. The van der Waals surface area contributed by atoms with Gasteiger partial charge < -0.3 is 4.74 Å². The number of hydrogen-bond acceptors (Lipinski definition) is 3. The lowest BCUT2D eigenvalue weighted by atomic mass is 10.2. The molecule has 0 unspecified atom stereocenters. The van der Waals surface area contributed by atoms with Crippen LogP contribution in [0.25, 0.3) is 0 Å². The molecular weight excluding hydrogens is 161 g/mol. The van der Waals surface area contributed by atoms with Crippen LogP contribution < -0.4 is 4.74 Å². The number of ketones is 1. The molecule has 0 aromatic carbocycles. The number of hydrogen-bond donors (Lipinski definition) is 0. The lowest BCUT2D eigenvalue weighted by molar-refractivity contribution is 0.101. The molecule has 0 atom stereocenters. The molecule has 0 amide bonds. The van der Waals surface area contributed by atoms with Gasteiger partial charge in [0, 0.05) is 6.20 Å². The van der Waals surface area contributed by atoms with Gasteiger partial charge in [-0.25, -0.2) is 9.37 Å². The van der Waals surface area contributed by atoms with E-state index >= 15 is 0 Å². The summed E-state index contributed by atoms with van der Waals surface area (Å²) in [5.74, 6) is -1.19. The molecule has 0 aliphatic rings. The van der Waals surface area contributed by atoms with Crippen molar-refractivity contribution >= 4 is 5.78 Å². The molecule has 1 heterocycles. The Morgan fingerprint density at radius 1 is 1.67 bits per heavy atom. The number of ether oxygens (including phenoxy) is 1. The zero-order valence-corrected chi connectivity index (χ0v) is 6.80. The van der Waals surface area contributed by atoms with Gasteiger partial charge in [-0.2, -0.15) is 0 Å². The highest BCUT2D eigenvalue weighted by molar-refractivity contribution is 5.94. The van der Waals surface area contributed by atoms with Crippen molar-refractivity contribution in [1.29, 1.82) is 0 Å². The Hall–Kier alpha value is -1.45. The van der Waals surface area contributed by atoms with Gasteiger partial charge in [-0.1, -0.05) is 0 Å². The van der Waals surface area contributed by atoms with Crippen LogP contribution >= 0.6 is 0 Å². The Kier molecular flexibility index (Phi) is 2.38. The average Bonchev–Trinajstić information content (AvgIpc) is 2.04. The highest BCUT2D eigenvalue weighted by atomic mass is 19.1. The molecule has 0 spiro atoms. The number of carbonyl (C=O) groups excluding carboxylic acids is 1. The first-order valence-electron chi connectivity index (χ1n) is 3.36. The van der Waals surface area contributed by atoms with Crippen molar-refractivity contribution in [3.63, 3.8) is 0 Å². The Balaban J connectivity index is 3.23. The summed E-state index contributed by atoms with van der Waals surface area (Å²) < 4.78 is 17.7. The first-order chi connectivity index (χ1) is 5.66. The first-order valence-corrected chi connectivity index (χ1v) is 3.36. The van der Waals surface area contributed by atoms with E-state index in [1.165, 1.54) is 26.3 Å². The van der Waals surface area contributed by atoms with Crippen molar-refractivity contribution in [2.24, 2.45) is 0 Å². The SMILES string of the molecule is COc1nccc(C(C)=O)c1F. The number of halogens is 1. The largest absolute Gasteiger partial charge is 0.479 e. The third-order valence-corrected chi connectivity index (χ3v) is 1.43. The second kappa shape index (κ2) is 3.30. The van der Waals surface area contributed by atoms with E-state index in [1.54, 1.807) is 0 Å². The van der Waals surface area contributed by atoms with Crippen LogP contribution in [-0.4, -0.2) is 17.9 Å². The molecule has 0 aliphatic carbocycles. The maximum absolute atomic E-state index is 13.1. The Bertz CT molecular complexity index is 312. The van der Waals surface area contributed by atoms with Crippen molar-refractivity contribution in [3.05, 3.63) is 23.6 Å². The number of aromatic nitrogens is 1. The molecule has 12 heavy (non-hydrogen) atoms. The van der Waals surface area contributed by atoms with Gasteiger partial charge in [-0.05, 0) is 13.0 Å². The average molecular weight is 169 g/mol. The Morgan fingerprint density at radius 2 is 2.33 bits per heavy atom. The molecule has 1 rings (SSSR count). The number of rotatable bonds is 2. The van der Waals surface area contributed by atoms with Gasteiger partial charge >= 0.3 is 0 Å². The molecular formula is C8H8FNO2. The fraction of sp³-hybridized carbons (Fsp3) is 0.250. The first kappa shape index (κ1) is 8.64. The van der Waals surface area contributed by atoms with Gasteiger partial charge in [-0.3, -0.25) is 4.79 Å². The van der Waals surface area contributed by atoms with E-state index in [1.807, 2.05) is 0 Å². The number of pyridine rings is 1. The minimum atomic E-state index is -0.701. The summed E-state index contributed by atoms with van der Waals surface area (Å²) >= 11 is 0. The standard InChI is InChI=1S/C8H8FNO2/c1-5(11)6-3-4-10-8(12-2)7(6)9/h3-4H,1-2H3. The molecule has 3 nitrogen and oxygen atoms in total. The second-order valence-corrected chi connectivity index (χ2v) is 2.24. The maximum atomic E-state index is 13.1. The number of nitrogens with zero attached hydrogens (tertiary/aromatic N) is 1. The van der Waals surface area contributed by atoms with Gasteiger partial charge in [0.15, 0.2) is 11.6 Å². The fourth-order valence-corrected chi connectivity index (χ4v) is 0.839. The van der Waals surface area contributed by atoms with E-state index in [4.69, 9.17) is 0 Å². The zero-order valence-electron chi connectivity index (χ0n) is 6.80. The van der Waals surface area contributed by atoms with Crippen molar-refractivity contribution in [2.45, 2.75) is 6.92 Å². The van der Waals surface area contributed by atoms with Crippen LogP contribution in [0.1, 0.15) is 17.3 Å². The van der Waals surface area contributed by atoms with Gasteiger partial charge in [0.25, 0.3) is 5.88 Å². The number of Topliss-reactive ketones (excluding diaryl/α,β-unsaturated/α-hetero) is 1. The van der Waals surface area contributed by atoms with E-state index in [-0.39, 0.29) is 17.2 Å². The lowest BCUT2D eigenvalue weighted by Gasteiger charge is -2.02. The quantitative estimate of drug-likeness (QED) is 0.628. The van der Waals surface area contributed by atoms with Crippen LogP contribution in [0.3, 0.4) is 0 Å². The summed E-state index contributed by atoms with van der Waals surface area (Å²) in [4.78, 5) is 14.4. The minimum absolute atomic E-state index is 0.00171. The molecule has 0 fully saturated rings. The molecule has 4 heteroatoms. The predicted molar refractivity (Wildman–Crippen MR) is 40.8 cm³/mol. The third kappa shape index (κ3) is 1.42. The number of methoxy groups -OCH3 is 1. The van der Waals surface area contributed by atoms with E-state index in [0.717, 1.165) is 0 Å². The summed E-state index contributed by atoms with van der Waals surface area (Å²) in [6.07, 6.45) is 1.33. The molecule has 0 radical (unpaired) electrons. The summed E-state index contributed by atoms with van der Waals surface area (Å²) in [6.45, 7) is 1.29.